The molecule has 2 aliphatic rings. The van der Waals surface area contributed by atoms with Gasteiger partial charge in [-0.3, -0.25) is 9.59 Å². The molecule has 1 unspecified atom stereocenters. The van der Waals surface area contributed by atoms with Crippen LogP contribution in [0.4, 0.5) is 5.69 Å². The number of piperidine rings is 1. The molecule has 2 N–H and O–H groups in total. The lowest BCUT2D eigenvalue weighted by Crippen LogP contribution is -2.32. The summed E-state index contributed by atoms with van der Waals surface area (Å²) in [5, 5.41) is 6.35. The van der Waals surface area contributed by atoms with Gasteiger partial charge in [0, 0.05) is 19.5 Å². The van der Waals surface area contributed by atoms with Gasteiger partial charge in [0.2, 0.25) is 5.91 Å². The molecule has 0 aliphatic carbocycles. The number of nitrogens with zero attached hydrogens (tertiary/aromatic N) is 1. The van der Waals surface area contributed by atoms with E-state index in [0.29, 0.717) is 29.5 Å². The topological polar surface area (TPSA) is 61.4 Å². The van der Waals surface area contributed by atoms with Crippen LogP contribution in [0.25, 0.3) is 0 Å². The van der Waals surface area contributed by atoms with Gasteiger partial charge in [0.25, 0.3) is 5.91 Å². The zero-order valence-corrected chi connectivity index (χ0v) is 16.3. The van der Waals surface area contributed by atoms with Crippen LogP contribution in [0.15, 0.2) is 24.3 Å². The van der Waals surface area contributed by atoms with Crippen molar-refractivity contribution in [3.8, 4) is 0 Å². The molecule has 2 heterocycles. The number of halogens is 1. The average molecular weight is 380 g/mol. The number of benzene rings is 1. The van der Waals surface area contributed by atoms with Crippen molar-refractivity contribution in [2.24, 2.45) is 11.8 Å². The fraction of sp³-hybridized carbons (Fsp3) is 0.600. The van der Waals surface area contributed by atoms with Gasteiger partial charge in [-0.1, -0.05) is 19.1 Å². The van der Waals surface area contributed by atoms with Gasteiger partial charge in [-0.25, -0.2) is 0 Å². The molecule has 1 atom stereocenters. The fourth-order valence-corrected chi connectivity index (χ4v) is 3.94. The van der Waals surface area contributed by atoms with Crippen molar-refractivity contribution in [2.75, 3.05) is 31.5 Å². The van der Waals surface area contributed by atoms with E-state index in [1.165, 1.54) is 0 Å². The summed E-state index contributed by atoms with van der Waals surface area (Å²) in [6.07, 6.45) is 4.91. The molecule has 144 valence electrons. The Bertz CT molecular complexity index is 611. The number of hydrogen-bond donors (Lipinski definition) is 2. The van der Waals surface area contributed by atoms with Crippen LogP contribution in [-0.4, -0.2) is 42.9 Å². The molecule has 26 heavy (non-hydrogen) atoms. The van der Waals surface area contributed by atoms with Crippen LogP contribution in [0.3, 0.4) is 0 Å². The summed E-state index contributed by atoms with van der Waals surface area (Å²) in [5.41, 5.74) is 1.24. The van der Waals surface area contributed by atoms with Gasteiger partial charge in [-0.05, 0) is 62.7 Å². The highest BCUT2D eigenvalue weighted by Crippen LogP contribution is 2.25. The second kappa shape index (κ2) is 9.93. The average Bonchev–Trinajstić information content (AvgIpc) is 3.17. The minimum Gasteiger partial charge on any atom is -0.339 e. The van der Waals surface area contributed by atoms with E-state index in [1.54, 1.807) is 0 Å². The highest BCUT2D eigenvalue weighted by molar-refractivity contribution is 6.03. The van der Waals surface area contributed by atoms with Crippen molar-refractivity contribution in [1.82, 2.24) is 10.2 Å². The van der Waals surface area contributed by atoms with Crippen LogP contribution in [0.1, 0.15) is 49.4 Å². The third-order valence-corrected chi connectivity index (χ3v) is 5.52. The second-order valence-electron chi connectivity index (χ2n) is 7.36. The van der Waals surface area contributed by atoms with Crippen molar-refractivity contribution in [1.29, 1.82) is 0 Å². The first-order valence-corrected chi connectivity index (χ1v) is 9.54. The van der Waals surface area contributed by atoms with Gasteiger partial charge in [0.1, 0.15) is 0 Å². The van der Waals surface area contributed by atoms with Gasteiger partial charge < -0.3 is 15.5 Å². The molecule has 0 aromatic heterocycles. The quantitative estimate of drug-likeness (QED) is 0.825. The molecule has 0 bridgehead atoms. The van der Waals surface area contributed by atoms with E-state index < -0.39 is 0 Å². The molecule has 2 fully saturated rings. The van der Waals surface area contributed by atoms with Gasteiger partial charge >= 0.3 is 0 Å². The summed E-state index contributed by atoms with van der Waals surface area (Å²) in [7, 11) is 0. The molecular formula is C20H30ClN3O2. The van der Waals surface area contributed by atoms with E-state index in [9.17, 15) is 9.59 Å². The van der Waals surface area contributed by atoms with Crippen molar-refractivity contribution >= 4 is 29.9 Å². The van der Waals surface area contributed by atoms with Crippen LogP contribution in [0.2, 0.25) is 0 Å². The number of likely N-dealkylation sites (tertiary alicyclic amines) is 1. The third-order valence-electron chi connectivity index (χ3n) is 5.52. The third kappa shape index (κ3) is 5.21. The van der Waals surface area contributed by atoms with E-state index in [1.807, 2.05) is 29.2 Å². The highest BCUT2D eigenvalue weighted by atomic mass is 35.5. The summed E-state index contributed by atoms with van der Waals surface area (Å²) in [5.74, 6) is 1.00. The molecule has 1 aromatic rings. The number of para-hydroxylation sites is 1. The highest BCUT2D eigenvalue weighted by Gasteiger charge is 2.24. The lowest BCUT2D eigenvalue weighted by atomic mass is 9.84. The predicted octanol–water partition coefficient (Wildman–Crippen LogP) is 3.31. The van der Waals surface area contributed by atoms with Crippen molar-refractivity contribution in [3.05, 3.63) is 29.8 Å². The van der Waals surface area contributed by atoms with Crippen molar-refractivity contribution in [3.63, 3.8) is 0 Å². The normalized spacial score (nSPS) is 18.9. The summed E-state index contributed by atoms with van der Waals surface area (Å²) >= 11 is 0. The van der Waals surface area contributed by atoms with Crippen molar-refractivity contribution < 1.29 is 9.59 Å². The molecule has 0 radical (unpaired) electrons. The Morgan fingerprint density at radius 3 is 2.54 bits per heavy atom. The molecule has 0 spiro atoms. The number of nitrogens with one attached hydrogen (secondary N) is 2. The van der Waals surface area contributed by atoms with Crippen LogP contribution >= 0.6 is 12.4 Å². The number of amides is 2. The molecule has 2 saturated heterocycles. The molecule has 5 nitrogen and oxygen atoms in total. The van der Waals surface area contributed by atoms with E-state index in [2.05, 4.69) is 17.6 Å². The maximum Gasteiger partial charge on any atom is 0.255 e. The van der Waals surface area contributed by atoms with Gasteiger partial charge in [0.15, 0.2) is 0 Å². The first kappa shape index (κ1) is 20.7. The Kier molecular flexibility index (Phi) is 7.91. The number of anilines is 1. The Morgan fingerprint density at radius 2 is 1.85 bits per heavy atom. The van der Waals surface area contributed by atoms with Crippen LogP contribution in [0.5, 0.6) is 0 Å². The Hall–Kier alpha value is -1.59. The lowest BCUT2D eigenvalue weighted by molar-refractivity contribution is -0.117. The molecule has 3 rings (SSSR count). The molecular weight excluding hydrogens is 350 g/mol. The van der Waals surface area contributed by atoms with Crippen LogP contribution in [0, 0.1) is 11.8 Å². The van der Waals surface area contributed by atoms with Gasteiger partial charge in [-0.2, -0.15) is 0 Å². The molecule has 0 saturated carbocycles. The summed E-state index contributed by atoms with van der Waals surface area (Å²) in [6, 6.07) is 7.37. The van der Waals surface area contributed by atoms with E-state index >= 15 is 0 Å². The zero-order valence-electron chi connectivity index (χ0n) is 15.5. The van der Waals surface area contributed by atoms with Crippen LogP contribution in [-0.2, 0) is 4.79 Å². The van der Waals surface area contributed by atoms with E-state index in [4.69, 9.17) is 0 Å². The molecule has 1 aromatic carbocycles. The number of hydrogen-bond acceptors (Lipinski definition) is 3. The smallest absolute Gasteiger partial charge is 0.255 e. The Morgan fingerprint density at radius 1 is 1.19 bits per heavy atom. The molecule has 6 heteroatoms. The molecule has 2 amide bonds. The number of rotatable bonds is 5. The predicted molar refractivity (Wildman–Crippen MR) is 107 cm³/mol. The number of carbonyl (C=O) groups excluding carboxylic acids is 2. The van der Waals surface area contributed by atoms with E-state index in [0.717, 1.165) is 51.9 Å². The lowest BCUT2D eigenvalue weighted by Gasteiger charge is -2.28. The van der Waals surface area contributed by atoms with Gasteiger partial charge in [0.05, 0.1) is 11.3 Å². The Labute approximate surface area is 162 Å². The Balaban J connectivity index is 0.00000243. The van der Waals surface area contributed by atoms with Gasteiger partial charge in [-0.15, -0.1) is 12.4 Å². The zero-order chi connectivity index (χ0) is 17.6. The summed E-state index contributed by atoms with van der Waals surface area (Å²) < 4.78 is 0. The standard InChI is InChI=1S/C20H29N3O2.ClH/c1-15(16-8-10-21-11-9-16)14-19(24)22-18-7-3-2-6-17(18)20(25)23-12-4-5-13-23;/h2-3,6-7,15-16,21H,4-5,8-14H2,1H3,(H,22,24);1H. The first-order valence-electron chi connectivity index (χ1n) is 9.54. The van der Waals surface area contributed by atoms with Crippen LogP contribution < -0.4 is 10.6 Å². The maximum atomic E-state index is 12.7. The van der Waals surface area contributed by atoms with Crippen molar-refractivity contribution in [2.45, 2.75) is 39.0 Å². The minimum atomic E-state index is 0. The largest absolute Gasteiger partial charge is 0.339 e. The maximum absolute atomic E-state index is 12.7. The first-order chi connectivity index (χ1) is 12.1. The summed E-state index contributed by atoms with van der Waals surface area (Å²) in [4.78, 5) is 27.1. The minimum absolute atomic E-state index is 0. The summed E-state index contributed by atoms with van der Waals surface area (Å²) in [6.45, 7) is 5.88. The monoisotopic (exact) mass is 379 g/mol. The van der Waals surface area contributed by atoms with E-state index in [-0.39, 0.29) is 24.2 Å². The fourth-order valence-electron chi connectivity index (χ4n) is 3.94. The number of carbonyl (C=O) groups is 2. The SMILES string of the molecule is CC(CC(=O)Nc1ccccc1C(=O)N1CCCC1)C1CCNCC1.Cl. The second-order valence-corrected chi connectivity index (χ2v) is 7.36. The molecule has 2 aliphatic heterocycles.